The Bertz CT molecular complexity index is 785. The third-order valence-electron chi connectivity index (χ3n) is 3.51. The second-order valence-electron chi connectivity index (χ2n) is 5.10. The molecule has 0 unspecified atom stereocenters. The van der Waals surface area contributed by atoms with E-state index < -0.39 is 0 Å². The van der Waals surface area contributed by atoms with Gasteiger partial charge in [-0.15, -0.1) is 0 Å². The van der Waals surface area contributed by atoms with Crippen LogP contribution in [0.2, 0.25) is 0 Å². The van der Waals surface area contributed by atoms with Crippen molar-refractivity contribution in [2.24, 2.45) is 7.05 Å². The number of benzene rings is 1. The summed E-state index contributed by atoms with van der Waals surface area (Å²) < 4.78 is 1.71. The molecule has 108 valence electrons. The predicted molar refractivity (Wildman–Crippen MR) is 83.5 cm³/mol. The third kappa shape index (κ3) is 2.54. The van der Waals surface area contributed by atoms with Gasteiger partial charge in [0.2, 0.25) is 0 Å². The van der Waals surface area contributed by atoms with Gasteiger partial charge < -0.3 is 10.3 Å². The number of aromatic amines is 1. The molecular weight excluding hydrogens is 264 g/mol. The standard InChI is InChI=1S/C16H18N4O/c1-3-5-12-10-14(20(2)19-12)18-16(21)13-7-4-6-11-8-9-17-15(11)13/h4,6-10,17H,3,5H2,1-2H3,(H,18,21). The van der Waals surface area contributed by atoms with Crippen molar-refractivity contribution >= 4 is 22.6 Å². The van der Waals surface area contributed by atoms with Crippen LogP contribution in [0.15, 0.2) is 36.5 Å². The first-order chi connectivity index (χ1) is 10.2. The summed E-state index contributed by atoms with van der Waals surface area (Å²) in [5, 5.41) is 8.35. The van der Waals surface area contributed by atoms with Crippen molar-refractivity contribution in [2.75, 3.05) is 5.32 Å². The highest BCUT2D eigenvalue weighted by Gasteiger charge is 2.13. The van der Waals surface area contributed by atoms with Crippen LogP contribution in [0.5, 0.6) is 0 Å². The number of aromatic nitrogens is 3. The molecule has 21 heavy (non-hydrogen) atoms. The molecule has 0 atom stereocenters. The van der Waals surface area contributed by atoms with Gasteiger partial charge in [0.15, 0.2) is 0 Å². The van der Waals surface area contributed by atoms with Gasteiger partial charge in [-0.1, -0.05) is 25.5 Å². The highest BCUT2D eigenvalue weighted by molar-refractivity contribution is 6.11. The monoisotopic (exact) mass is 282 g/mol. The Labute approximate surface area is 123 Å². The van der Waals surface area contributed by atoms with Crippen LogP contribution in [0, 0.1) is 0 Å². The fourth-order valence-electron chi connectivity index (χ4n) is 2.48. The first-order valence-electron chi connectivity index (χ1n) is 7.09. The fourth-order valence-corrected chi connectivity index (χ4v) is 2.48. The van der Waals surface area contributed by atoms with Gasteiger partial charge in [0.1, 0.15) is 5.82 Å². The van der Waals surface area contributed by atoms with Crippen LogP contribution in [-0.2, 0) is 13.5 Å². The molecular formula is C16H18N4O. The smallest absolute Gasteiger partial charge is 0.258 e. The Hall–Kier alpha value is -2.56. The minimum atomic E-state index is -0.130. The molecule has 3 rings (SSSR count). The highest BCUT2D eigenvalue weighted by atomic mass is 16.1. The summed E-state index contributed by atoms with van der Waals surface area (Å²) in [6.07, 6.45) is 3.78. The summed E-state index contributed by atoms with van der Waals surface area (Å²) in [6, 6.07) is 9.56. The predicted octanol–water partition coefficient (Wildman–Crippen LogP) is 3.11. The Kier molecular flexibility index (Phi) is 3.48. The Morgan fingerprint density at radius 1 is 1.38 bits per heavy atom. The van der Waals surface area contributed by atoms with E-state index in [1.807, 2.05) is 43.6 Å². The van der Waals surface area contributed by atoms with Gasteiger partial charge in [0, 0.05) is 24.7 Å². The van der Waals surface area contributed by atoms with Crippen molar-refractivity contribution in [2.45, 2.75) is 19.8 Å². The molecule has 5 nitrogen and oxygen atoms in total. The largest absolute Gasteiger partial charge is 0.361 e. The normalized spacial score (nSPS) is 11.0. The number of rotatable bonds is 4. The van der Waals surface area contributed by atoms with E-state index in [1.54, 1.807) is 4.68 Å². The van der Waals surface area contributed by atoms with Gasteiger partial charge in [0.05, 0.1) is 16.8 Å². The maximum Gasteiger partial charge on any atom is 0.258 e. The van der Waals surface area contributed by atoms with E-state index in [4.69, 9.17) is 0 Å². The Balaban J connectivity index is 1.88. The number of nitrogens with one attached hydrogen (secondary N) is 2. The van der Waals surface area contributed by atoms with Crippen molar-refractivity contribution in [3.63, 3.8) is 0 Å². The molecule has 5 heteroatoms. The number of para-hydroxylation sites is 1. The average Bonchev–Trinajstić information content (AvgIpc) is 3.06. The molecule has 1 aromatic carbocycles. The molecule has 0 saturated heterocycles. The zero-order valence-corrected chi connectivity index (χ0v) is 12.2. The maximum atomic E-state index is 12.5. The van der Waals surface area contributed by atoms with E-state index in [9.17, 15) is 4.79 Å². The summed E-state index contributed by atoms with van der Waals surface area (Å²) in [5.41, 5.74) is 2.48. The number of amides is 1. The van der Waals surface area contributed by atoms with Crippen molar-refractivity contribution in [3.8, 4) is 0 Å². The third-order valence-corrected chi connectivity index (χ3v) is 3.51. The molecule has 0 radical (unpaired) electrons. The molecule has 0 aliphatic heterocycles. The summed E-state index contributed by atoms with van der Waals surface area (Å²) in [7, 11) is 1.84. The minimum Gasteiger partial charge on any atom is -0.361 e. The zero-order chi connectivity index (χ0) is 14.8. The fraction of sp³-hybridized carbons (Fsp3) is 0.250. The molecule has 0 fully saturated rings. The van der Waals surface area contributed by atoms with Crippen LogP contribution in [0.1, 0.15) is 29.4 Å². The van der Waals surface area contributed by atoms with Gasteiger partial charge in [-0.05, 0) is 18.6 Å². The van der Waals surface area contributed by atoms with Gasteiger partial charge >= 0.3 is 0 Å². The quantitative estimate of drug-likeness (QED) is 0.772. The van der Waals surface area contributed by atoms with Crippen LogP contribution in [0.3, 0.4) is 0 Å². The lowest BCUT2D eigenvalue weighted by atomic mass is 10.1. The van der Waals surface area contributed by atoms with Crippen LogP contribution in [0.4, 0.5) is 5.82 Å². The van der Waals surface area contributed by atoms with Crippen LogP contribution < -0.4 is 5.32 Å². The van der Waals surface area contributed by atoms with E-state index in [0.29, 0.717) is 11.4 Å². The second kappa shape index (κ2) is 5.44. The van der Waals surface area contributed by atoms with Crippen LogP contribution in [0.25, 0.3) is 10.9 Å². The zero-order valence-electron chi connectivity index (χ0n) is 12.2. The van der Waals surface area contributed by atoms with E-state index in [-0.39, 0.29) is 5.91 Å². The van der Waals surface area contributed by atoms with E-state index in [1.165, 1.54) is 0 Å². The Morgan fingerprint density at radius 3 is 3.05 bits per heavy atom. The van der Waals surface area contributed by atoms with Crippen LogP contribution >= 0.6 is 0 Å². The second-order valence-corrected chi connectivity index (χ2v) is 5.10. The molecule has 2 heterocycles. The van der Waals surface area contributed by atoms with Gasteiger partial charge in [-0.3, -0.25) is 9.48 Å². The van der Waals surface area contributed by atoms with E-state index in [2.05, 4.69) is 22.3 Å². The van der Waals surface area contributed by atoms with Crippen molar-refractivity contribution in [1.29, 1.82) is 0 Å². The number of carbonyl (C=O) groups excluding carboxylic acids is 1. The maximum absolute atomic E-state index is 12.5. The van der Waals surface area contributed by atoms with Gasteiger partial charge in [-0.25, -0.2) is 0 Å². The number of H-pyrrole nitrogens is 1. The number of hydrogen-bond donors (Lipinski definition) is 2. The highest BCUT2D eigenvalue weighted by Crippen LogP contribution is 2.19. The number of aryl methyl sites for hydroxylation is 2. The van der Waals surface area contributed by atoms with E-state index in [0.717, 1.165) is 29.4 Å². The SMILES string of the molecule is CCCc1cc(NC(=O)c2cccc3cc[nH]c23)n(C)n1. The van der Waals surface area contributed by atoms with Gasteiger partial charge in [0.25, 0.3) is 5.91 Å². The molecule has 2 aromatic heterocycles. The first-order valence-corrected chi connectivity index (χ1v) is 7.09. The number of fused-ring (bicyclic) bond motifs is 1. The lowest BCUT2D eigenvalue weighted by molar-refractivity contribution is 0.102. The average molecular weight is 282 g/mol. The first kappa shape index (κ1) is 13.4. The molecule has 0 bridgehead atoms. The number of nitrogens with zero attached hydrogens (tertiary/aromatic N) is 2. The summed E-state index contributed by atoms with van der Waals surface area (Å²) >= 11 is 0. The number of hydrogen-bond acceptors (Lipinski definition) is 2. The van der Waals surface area contributed by atoms with Crippen molar-refractivity contribution < 1.29 is 4.79 Å². The van der Waals surface area contributed by atoms with Gasteiger partial charge in [-0.2, -0.15) is 5.10 Å². The van der Waals surface area contributed by atoms with Crippen molar-refractivity contribution in [3.05, 3.63) is 47.8 Å². The molecule has 0 aliphatic rings. The van der Waals surface area contributed by atoms with Crippen molar-refractivity contribution in [1.82, 2.24) is 14.8 Å². The molecule has 0 spiro atoms. The molecule has 3 aromatic rings. The topological polar surface area (TPSA) is 62.7 Å². The lowest BCUT2D eigenvalue weighted by Gasteiger charge is -2.06. The molecule has 0 aliphatic carbocycles. The summed E-state index contributed by atoms with van der Waals surface area (Å²) in [6.45, 7) is 2.11. The molecule has 1 amide bonds. The minimum absolute atomic E-state index is 0.130. The summed E-state index contributed by atoms with van der Waals surface area (Å²) in [5.74, 6) is 0.584. The molecule has 2 N–H and O–H groups in total. The molecule has 0 saturated carbocycles. The Morgan fingerprint density at radius 2 is 2.24 bits per heavy atom. The van der Waals surface area contributed by atoms with Crippen LogP contribution in [-0.4, -0.2) is 20.7 Å². The number of carbonyl (C=O) groups is 1. The number of anilines is 1. The summed E-state index contributed by atoms with van der Waals surface area (Å²) in [4.78, 5) is 15.6. The van der Waals surface area contributed by atoms with E-state index >= 15 is 0 Å². The lowest BCUT2D eigenvalue weighted by Crippen LogP contribution is -2.14.